The van der Waals surface area contributed by atoms with E-state index in [2.05, 4.69) is 109 Å². The van der Waals surface area contributed by atoms with E-state index in [4.69, 9.17) is 0 Å². The fourth-order valence-electron chi connectivity index (χ4n) is 3.97. The summed E-state index contributed by atoms with van der Waals surface area (Å²) < 4.78 is 2.17. The molecule has 5 rings (SSSR count). The molecular weight excluding hydrogens is 328 g/mol. The summed E-state index contributed by atoms with van der Waals surface area (Å²) in [5.41, 5.74) is 8.64. The third-order valence-electron chi connectivity index (χ3n) is 5.40. The van der Waals surface area contributed by atoms with Crippen molar-refractivity contribution >= 4 is 21.8 Å². The minimum absolute atomic E-state index is 1.19. The third kappa shape index (κ3) is 2.61. The Balaban J connectivity index is 1.61. The lowest BCUT2D eigenvalue weighted by Gasteiger charge is -2.08. The first-order valence-electron chi connectivity index (χ1n) is 9.27. The summed E-state index contributed by atoms with van der Waals surface area (Å²) in [6.07, 6.45) is 2.09. The number of benzene rings is 3. The Morgan fingerprint density at radius 1 is 0.704 bits per heavy atom. The predicted molar refractivity (Wildman–Crippen MR) is 113 cm³/mol. The molecular formula is C25H21N2+. The van der Waals surface area contributed by atoms with Crippen LogP contribution in [0.15, 0.2) is 85.1 Å². The number of H-pyrrole nitrogens is 1. The van der Waals surface area contributed by atoms with Gasteiger partial charge in [0, 0.05) is 39.5 Å². The highest BCUT2D eigenvalue weighted by Crippen LogP contribution is 2.31. The van der Waals surface area contributed by atoms with Crippen molar-refractivity contribution in [1.29, 1.82) is 0 Å². The van der Waals surface area contributed by atoms with Crippen molar-refractivity contribution in [1.82, 2.24) is 4.98 Å². The van der Waals surface area contributed by atoms with Gasteiger partial charge >= 0.3 is 0 Å². The van der Waals surface area contributed by atoms with Crippen LogP contribution in [-0.4, -0.2) is 4.98 Å². The Morgan fingerprint density at radius 3 is 2.30 bits per heavy atom. The van der Waals surface area contributed by atoms with Crippen LogP contribution >= 0.6 is 0 Å². The molecule has 0 amide bonds. The van der Waals surface area contributed by atoms with Gasteiger partial charge in [-0.3, -0.25) is 0 Å². The molecule has 0 saturated carbocycles. The van der Waals surface area contributed by atoms with Gasteiger partial charge in [0.25, 0.3) is 0 Å². The molecule has 3 aromatic carbocycles. The summed E-state index contributed by atoms with van der Waals surface area (Å²) in [5, 5.41) is 2.56. The molecule has 0 aliphatic carbocycles. The normalized spacial score (nSPS) is 11.3. The second-order valence-electron chi connectivity index (χ2n) is 7.16. The number of hydrogen-bond donors (Lipinski definition) is 1. The molecule has 2 heterocycles. The number of nitrogens with zero attached hydrogens (tertiary/aromatic N) is 1. The van der Waals surface area contributed by atoms with Crippen LogP contribution in [0.25, 0.3) is 44.2 Å². The molecule has 2 heteroatoms. The lowest BCUT2D eigenvalue weighted by molar-refractivity contribution is -0.660. The summed E-state index contributed by atoms with van der Waals surface area (Å²) >= 11 is 0. The number of aromatic nitrogens is 2. The molecule has 0 aliphatic rings. The zero-order valence-electron chi connectivity index (χ0n) is 15.5. The lowest BCUT2D eigenvalue weighted by Crippen LogP contribution is -2.30. The Labute approximate surface area is 158 Å². The van der Waals surface area contributed by atoms with Gasteiger partial charge in [-0.15, -0.1) is 0 Å². The van der Waals surface area contributed by atoms with Gasteiger partial charge < -0.3 is 4.98 Å². The van der Waals surface area contributed by atoms with Gasteiger partial charge in [-0.1, -0.05) is 42.5 Å². The van der Waals surface area contributed by atoms with Crippen LogP contribution in [0.1, 0.15) is 5.56 Å². The number of aromatic amines is 1. The summed E-state index contributed by atoms with van der Waals surface area (Å²) in [6, 6.07) is 28.2. The van der Waals surface area contributed by atoms with Gasteiger partial charge in [0.2, 0.25) is 5.69 Å². The summed E-state index contributed by atoms with van der Waals surface area (Å²) in [7, 11) is 2.09. The summed E-state index contributed by atoms with van der Waals surface area (Å²) in [5.74, 6) is 0. The van der Waals surface area contributed by atoms with Crippen molar-refractivity contribution in [3.63, 3.8) is 0 Å². The van der Waals surface area contributed by atoms with Crippen LogP contribution in [0.4, 0.5) is 0 Å². The van der Waals surface area contributed by atoms with E-state index in [9.17, 15) is 0 Å². The second-order valence-corrected chi connectivity index (χ2v) is 7.16. The standard InChI is InChI=1S/C25H20N2/c1-17-15-18(10-12-20(17)25-9-5-6-14-27(25)2)19-11-13-22-21-7-3-4-8-23(21)26-24(22)16-19/h3-16H,1-2H3/p+1. The fraction of sp³-hybridized carbons (Fsp3) is 0.0800. The highest BCUT2D eigenvalue weighted by Gasteiger charge is 2.12. The van der Waals surface area contributed by atoms with Crippen LogP contribution in [0.3, 0.4) is 0 Å². The maximum Gasteiger partial charge on any atom is 0.212 e. The Kier molecular flexibility index (Phi) is 3.58. The zero-order chi connectivity index (χ0) is 18.4. The molecule has 0 aliphatic heterocycles. The Hall–Kier alpha value is -3.39. The Morgan fingerprint density at radius 2 is 1.44 bits per heavy atom. The van der Waals surface area contributed by atoms with Gasteiger partial charge in [-0.2, -0.15) is 0 Å². The maximum atomic E-state index is 3.54. The predicted octanol–water partition coefficient (Wildman–Crippen LogP) is 5.79. The topological polar surface area (TPSA) is 19.7 Å². The van der Waals surface area contributed by atoms with Crippen LogP contribution in [0.5, 0.6) is 0 Å². The van der Waals surface area contributed by atoms with Gasteiger partial charge in [0.05, 0.1) is 0 Å². The summed E-state index contributed by atoms with van der Waals surface area (Å²) in [6.45, 7) is 2.19. The molecule has 0 unspecified atom stereocenters. The van der Waals surface area contributed by atoms with E-state index in [-0.39, 0.29) is 0 Å². The molecule has 0 saturated heterocycles. The number of pyridine rings is 1. The smallest absolute Gasteiger partial charge is 0.212 e. The molecule has 130 valence electrons. The van der Waals surface area contributed by atoms with Gasteiger partial charge in [0.15, 0.2) is 6.20 Å². The monoisotopic (exact) mass is 349 g/mol. The molecule has 0 fully saturated rings. The fourth-order valence-corrected chi connectivity index (χ4v) is 3.97. The molecule has 0 spiro atoms. The number of para-hydroxylation sites is 1. The van der Waals surface area contributed by atoms with Crippen molar-refractivity contribution in [2.24, 2.45) is 7.05 Å². The summed E-state index contributed by atoms with van der Waals surface area (Å²) in [4.78, 5) is 3.54. The first-order chi connectivity index (χ1) is 13.2. The van der Waals surface area contributed by atoms with Crippen molar-refractivity contribution in [2.75, 3.05) is 0 Å². The first-order valence-corrected chi connectivity index (χ1v) is 9.27. The van der Waals surface area contributed by atoms with Crippen LogP contribution in [-0.2, 0) is 7.05 Å². The van der Waals surface area contributed by atoms with Crippen molar-refractivity contribution < 1.29 is 4.57 Å². The van der Waals surface area contributed by atoms with E-state index in [1.54, 1.807) is 0 Å². The molecule has 0 atom stereocenters. The molecule has 2 nitrogen and oxygen atoms in total. The van der Waals surface area contributed by atoms with Crippen LogP contribution in [0.2, 0.25) is 0 Å². The minimum atomic E-state index is 1.19. The van der Waals surface area contributed by atoms with E-state index in [0.717, 1.165) is 0 Å². The number of aryl methyl sites for hydroxylation is 2. The third-order valence-corrected chi connectivity index (χ3v) is 5.40. The van der Waals surface area contributed by atoms with Gasteiger partial charge in [-0.25, -0.2) is 4.57 Å². The largest absolute Gasteiger partial charge is 0.354 e. The van der Waals surface area contributed by atoms with Gasteiger partial charge in [-0.05, 0) is 47.9 Å². The Bertz CT molecular complexity index is 1290. The van der Waals surface area contributed by atoms with E-state index in [1.165, 1.54) is 49.8 Å². The highest BCUT2D eigenvalue weighted by molar-refractivity contribution is 6.08. The number of nitrogens with one attached hydrogen (secondary N) is 1. The molecule has 27 heavy (non-hydrogen) atoms. The molecule has 2 aromatic heterocycles. The van der Waals surface area contributed by atoms with E-state index >= 15 is 0 Å². The number of rotatable bonds is 2. The molecule has 0 bridgehead atoms. The quantitative estimate of drug-likeness (QED) is 0.389. The van der Waals surface area contributed by atoms with Crippen molar-refractivity contribution in [2.45, 2.75) is 6.92 Å². The second kappa shape index (κ2) is 6.10. The minimum Gasteiger partial charge on any atom is -0.354 e. The average molecular weight is 349 g/mol. The van der Waals surface area contributed by atoms with Crippen LogP contribution in [0, 0.1) is 6.92 Å². The van der Waals surface area contributed by atoms with E-state index < -0.39 is 0 Å². The molecule has 5 aromatic rings. The number of fused-ring (bicyclic) bond motifs is 3. The molecule has 0 radical (unpaired) electrons. The van der Waals surface area contributed by atoms with E-state index in [0.29, 0.717) is 0 Å². The number of hydrogen-bond acceptors (Lipinski definition) is 0. The lowest BCUT2D eigenvalue weighted by atomic mass is 9.97. The molecule has 1 N–H and O–H groups in total. The first kappa shape index (κ1) is 15.8. The average Bonchev–Trinajstić information content (AvgIpc) is 3.06. The van der Waals surface area contributed by atoms with Crippen molar-refractivity contribution in [3.8, 4) is 22.4 Å². The van der Waals surface area contributed by atoms with Crippen LogP contribution < -0.4 is 4.57 Å². The highest BCUT2D eigenvalue weighted by atomic mass is 14.9. The SMILES string of the molecule is Cc1cc(-c2ccc3c(c2)[nH]c2ccccc23)ccc1-c1cccc[n+]1C. The maximum absolute atomic E-state index is 3.54. The van der Waals surface area contributed by atoms with E-state index in [1.807, 2.05) is 0 Å². The zero-order valence-corrected chi connectivity index (χ0v) is 15.5. The van der Waals surface area contributed by atoms with Crippen molar-refractivity contribution in [3.05, 3.63) is 90.6 Å². The van der Waals surface area contributed by atoms with Gasteiger partial charge in [0.1, 0.15) is 7.05 Å².